The summed E-state index contributed by atoms with van der Waals surface area (Å²) in [5.41, 5.74) is 12.0. The number of nitrogens with zero attached hydrogens (tertiary/aromatic N) is 4. The molecule has 36 heavy (non-hydrogen) atoms. The van der Waals surface area contributed by atoms with Gasteiger partial charge in [0.05, 0.1) is 9.79 Å². The molecule has 0 saturated carbocycles. The van der Waals surface area contributed by atoms with Crippen molar-refractivity contribution >= 4 is 43.3 Å². The van der Waals surface area contributed by atoms with Gasteiger partial charge in [0.1, 0.15) is 0 Å². The van der Waals surface area contributed by atoms with E-state index in [0.717, 1.165) is 0 Å². The number of hydrogen-bond acceptors (Lipinski definition) is 10. The Morgan fingerprint density at radius 2 is 0.806 bits per heavy atom. The molecule has 12 nitrogen and oxygen atoms in total. The highest BCUT2D eigenvalue weighted by atomic mass is 35.5. The van der Waals surface area contributed by atoms with Crippen LogP contribution in [0.2, 0.25) is 0 Å². The van der Waals surface area contributed by atoms with Crippen molar-refractivity contribution in [3.8, 4) is 0 Å². The van der Waals surface area contributed by atoms with Crippen LogP contribution in [0.5, 0.6) is 0 Å². The van der Waals surface area contributed by atoms with Gasteiger partial charge in [-0.15, -0.1) is 0 Å². The molecule has 4 aromatic rings. The Labute approximate surface area is 220 Å². The summed E-state index contributed by atoms with van der Waals surface area (Å²) >= 11 is 0. The molecule has 0 atom stereocenters. The van der Waals surface area contributed by atoms with Gasteiger partial charge in [-0.3, -0.25) is 0 Å². The van der Waals surface area contributed by atoms with E-state index in [1.165, 1.54) is 73.3 Å². The highest BCUT2D eigenvalue weighted by Crippen LogP contribution is 2.15. The number of anilines is 4. The first kappa shape index (κ1) is 30.3. The van der Waals surface area contributed by atoms with E-state index in [-0.39, 0.29) is 46.5 Å². The fourth-order valence-electron chi connectivity index (χ4n) is 2.36. The van der Waals surface area contributed by atoms with E-state index in [2.05, 4.69) is 29.4 Å². The van der Waals surface area contributed by atoms with E-state index >= 15 is 0 Å². The molecule has 0 radical (unpaired) electrons. The predicted octanol–water partition coefficient (Wildman–Crippen LogP) is -4.27. The van der Waals surface area contributed by atoms with Crippen LogP contribution >= 0.6 is 0 Å². The Bertz CT molecular complexity index is 1320. The Hall–Kier alpha value is -3.72. The molecule has 0 aliphatic rings. The van der Waals surface area contributed by atoms with Crippen LogP contribution < -0.4 is 45.7 Å². The molecular weight excluding hydrogens is 551 g/mol. The van der Waals surface area contributed by atoms with Crippen molar-refractivity contribution < 1.29 is 41.6 Å². The van der Waals surface area contributed by atoms with Crippen molar-refractivity contribution in [2.75, 3.05) is 20.9 Å². The van der Waals surface area contributed by atoms with Crippen LogP contribution in [-0.4, -0.2) is 36.8 Å². The van der Waals surface area contributed by atoms with Crippen molar-refractivity contribution in [1.29, 1.82) is 0 Å². The zero-order valence-electron chi connectivity index (χ0n) is 18.2. The second-order valence-electron chi connectivity index (χ2n) is 6.49. The van der Waals surface area contributed by atoms with E-state index in [0.29, 0.717) is 11.4 Å². The third kappa shape index (κ3) is 8.81. The first-order valence-electron chi connectivity index (χ1n) is 9.46. The molecule has 0 fully saturated rings. The van der Waals surface area contributed by atoms with Gasteiger partial charge in [-0.25, -0.2) is 46.2 Å². The highest BCUT2D eigenvalue weighted by Gasteiger charge is 2.15. The lowest BCUT2D eigenvalue weighted by atomic mass is 10.3. The fraction of sp³-hybridized carbons (Fsp3) is 0. The smallest absolute Gasteiger partial charge is 0.264 e. The van der Waals surface area contributed by atoms with E-state index in [9.17, 15) is 16.8 Å². The van der Waals surface area contributed by atoms with Crippen molar-refractivity contribution in [2.24, 2.45) is 0 Å². The summed E-state index contributed by atoms with van der Waals surface area (Å²) in [6, 6.07) is 14.9. The van der Waals surface area contributed by atoms with Crippen molar-refractivity contribution in [2.45, 2.75) is 9.79 Å². The van der Waals surface area contributed by atoms with Crippen LogP contribution in [0.4, 0.5) is 23.3 Å². The average molecular weight is 571 g/mol. The molecule has 16 heteroatoms. The lowest BCUT2D eigenvalue weighted by molar-refractivity contribution is -0.00100. The summed E-state index contributed by atoms with van der Waals surface area (Å²) in [6.07, 6.45) is 5.81. The number of rotatable bonds is 6. The SMILES string of the molecule is Nc1ccc(S(=O)(=O)Nc2ncccn2)cc1.Nc1ccc(S(=O)(=O)Nc2ncccn2)cc1.[Cl-].[Cl-]. The minimum atomic E-state index is -3.66. The van der Waals surface area contributed by atoms with Gasteiger partial charge >= 0.3 is 0 Å². The van der Waals surface area contributed by atoms with Crippen LogP contribution in [0.25, 0.3) is 0 Å². The number of aromatic nitrogens is 4. The molecule has 0 amide bonds. The van der Waals surface area contributed by atoms with Gasteiger partial charge in [0.15, 0.2) is 0 Å². The monoisotopic (exact) mass is 570 g/mol. The average Bonchev–Trinajstić information content (AvgIpc) is 2.81. The maximum absolute atomic E-state index is 11.9. The summed E-state index contributed by atoms with van der Waals surface area (Å²) in [6.45, 7) is 0. The van der Waals surface area contributed by atoms with Gasteiger partial charge in [0.25, 0.3) is 20.0 Å². The largest absolute Gasteiger partial charge is 1.00 e. The van der Waals surface area contributed by atoms with Gasteiger partial charge in [-0.1, -0.05) is 0 Å². The number of halogens is 2. The van der Waals surface area contributed by atoms with Crippen LogP contribution in [0.1, 0.15) is 0 Å². The Kier molecular flexibility index (Phi) is 11.3. The minimum Gasteiger partial charge on any atom is -1.00 e. The predicted molar refractivity (Wildman–Crippen MR) is 127 cm³/mol. The zero-order valence-corrected chi connectivity index (χ0v) is 21.4. The van der Waals surface area contributed by atoms with E-state index in [4.69, 9.17) is 11.5 Å². The molecule has 2 aromatic carbocycles. The molecule has 0 unspecified atom stereocenters. The normalized spacial score (nSPS) is 10.4. The maximum Gasteiger partial charge on any atom is 0.264 e. The molecule has 2 heterocycles. The molecular formula is C20H20Cl2N8O4S2-2. The second kappa shape index (κ2) is 13.4. The summed E-state index contributed by atoms with van der Waals surface area (Å²) in [4.78, 5) is 15.3. The highest BCUT2D eigenvalue weighted by molar-refractivity contribution is 7.93. The van der Waals surface area contributed by atoms with E-state index < -0.39 is 20.0 Å². The summed E-state index contributed by atoms with van der Waals surface area (Å²) in [7, 11) is -7.32. The topological polar surface area (TPSA) is 196 Å². The van der Waals surface area contributed by atoms with Gasteiger partial charge < -0.3 is 36.3 Å². The number of hydrogen-bond donors (Lipinski definition) is 4. The van der Waals surface area contributed by atoms with Gasteiger partial charge in [-0.05, 0) is 60.7 Å². The summed E-state index contributed by atoms with van der Waals surface area (Å²) in [5, 5.41) is 0. The molecule has 0 bridgehead atoms. The molecule has 0 saturated heterocycles. The Morgan fingerprint density at radius 3 is 1.08 bits per heavy atom. The molecule has 4 rings (SSSR count). The number of nitrogens with one attached hydrogen (secondary N) is 2. The van der Waals surface area contributed by atoms with Gasteiger partial charge in [0, 0.05) is 36.2 Å². The van der Waals surface area contributed by atoms with Crippen molar-refractivity contribution in [3.63, 3.8) is 0 Å². The third-order valence-corrected chi connectivity index (χ3v) is 6.65. The molecule has 2 aromatic heterocycles. The van der Waals surface area contributed by atoms with Gasteiger partial charge in [0.2, 0.25) is 11.9 Å². The van der Waals surface area contributed by atoms with Crippen LogP contribution in [0.3, 0.4) is 0 Å². The van der Waals surface area contributed by atoms with Crippen LogP contribution in [0, 0.1) is 0 Å². The molecule has 6 N–H and O–H groups in total. The Balaban J connectivity index is 0.000000341. The third-order valence-electron chi connectivity index (χ3n) is 3.96. The van der Waals surface area contributed by atoms with Crippen molar-refractivity contribution in [1.82, 2.24) is 19.9 Å². The number of nitrogens with two attached hydrogens (primary N) is 2. The van der Waals surface area contributed by atoms with Crippen LogP contribution in [-0.2, 0) is 20.0 Å². The summed E-state index contributed by atoms with van der Waals surface area (Å²) < 4.78 is 52.1. The standard InChI is InChI=1S/2C10H10N4O2S.2ClH/c2*11-8-2-4-9(5-3-8)17(15,16)14-10-12-6-1-7-13-10;;/h2*1-7H,11H2,(H,12,13,14);2*1H/p-2. The van der Waals surface area contributed by atoms with E-state index in [1.54, 1.807) is 12.1 Å². The quantitative estimate of drug-likeness (QED) is 0.165. The first-order valence-corrected chi connectivity index (χ1v) is 12.4. The molecule has 0 spiro atoms. The van der Waals surface area contributed by atoms with Crippen molar-refractivity contribution in [3.05, 3.63) is 85.5 Å². The lowest BCUT2D eigenvalue weighted by Crippen LogP contribution is -3.00. The molecule has 0 aliphatic heterocycles. The van der Waals surface area contributed by atoms with E-state index in [1.807, 2.05) is 0 Å². The summed E-state index contributed by atoms with van der Waals surface area (Å²) in [5.74, 6) is 0.0636. The lowest BCUT2D eigenvalue weighted by Gasteiger charge is -2.05. The zero-order chi connectivity index (χ0) is 24.6. The fourth-order valence-corrected chi connectivity index (χ4v) is 4.27. The molecule has 192 valence electrons. The first-order chi connectivity index (χ1) is 16.2. The molecule has 0 aliphatic carbocycles. The number of sulfonamides is 2. The maximum atomic E-state index is 11.9. The number of benzene rings is 2. The second-order valence-corrected chi connectivity index (χ2v) is 9.86. The Morgan fingerprint density at radius 1 is 0.528 bits per heavy atom. The minimum absolute atomic E-state index is 0. The number of nitrogen functional groups attached to an aromatic ring is 2. The van der Waals surface area contributed by atoms with Gasteiger partial charge in [-0.2, -0.15) is 0 Å². The van der Waals surface area contributed by atoms with Crippen LogP contribution in [0.15, 0.2) is 95.2 Å².